The van der Waals surface area contributed by atoms with Crippen molar-refractivity contribution < 1.29 is 22.3 Å². The van der Waals surface area contributed by atoms with Crippen LogP contribution in [0.3, 0.4) is 0 Å². The van der Waals surface area contributed by atoms with Crippen molar-refractivity contribution in [3.63, 3.8) is 0 Å². The fourth-order valence-corrected chi connectivity index (χ4v) is 4.15. The van der Waals surface area contributed by atoms with Gasteiger partial charge in [-0.05, 0) is 51.4 Å². The van der Waals surface area contributed by atoms with Crippen molar-refractivity contribution in [2.75, 3.05) is 0 Å². The summed E-state index contributed by atoms with van der Waals surface area (Å²) in [5.74, 6) is 1.56. The third kappa shape index (κ3) is 12.2. The SMILES string of the molecule is CCCCCC1CCCC1(C)O.CCCCCC1CCCC1=O.[CH3-].[Cl-].[Mg+2]. The molecule has 2 saturated carbocycles. The molecular formula is C22H43ClMgO2. The molecule has 2 nitrogen and oxygen atoms in total. The Labute approximate surface area is 186 Å². The summed E-state index contributed by atoms with van der Waals surface area (Å²) in [6.07, 6.45) is 16.8. The minimum absolute atomic E-state index is 0. The summed E-state index contributed by atoms with van der Waals surface area (Å²) in [4.78, 5) is 11.2. The molecule has 2 aliphatic carbocycles. The average molecular weight is 399 g/mol. The topological polar surface area (TPSA) is 37.3 Å². The van der Waals surface area contributed by atoms with E-state index < -0.39 is 0 Å². The third-order valence-corrected chi connectivity index (χ3v) is 5.86. The first-order chi connectivity index (χ1) is 11.0. The van der Waals surface area contributed by atoms with Crippen LogP contribution in [0.15, 0.2) is 0 Å². The van der Waals surface area contributed by atoms with Crippen LogP contribution < -0.4 is 12.4 Å². The Kier molecular flexibility index (Phi) is 21.4. The number of halogens is 1. The molecule has 0 amide bonds. The monoisotopic (exact) mass is 398 g/mol. The number of Topliss-reactive ketones (excluding diaryl/α,β-unsaturated/α-hetero) is 1. The van der Waals surface area contributed by atoms with E-state index in [1.807, 2.05) is 6.92 Å². The predicted molar refractivity (Wildman–Crippen MR) is 111 cm³/mol. The van der Waals surface area contributed by atoms with Crippen LogP contribution >= 0.6 is 0 Å². The number of hydrogen-bond donors (Lipinski definition) is 1. The molecule has 0 bridgehead atoms. The first kappa shape index (κ1) is 31.4. The van der Waals surface area contributed by atoms with Crippen LogP contribution in [0.25, 0.3) is 0 Å². The molecule has 3 unspecified atom stereocenters. The molecule has 0 heterocycles. The molecule has 0 aromatic heterocycles. The molecule has 3 atom stereocenters. The minimum atomic E-state index is -0.340. The van der Waals surface area contributed by atoms with Gasteiger partial charge in [0.1, 0.15) is 5.78 Å². The van der Waals surface area contributed by atoms with Gasteiger partial charge in [-0.3, -0.25) is 4.79 Å². The Bertz CT molecular complexity index is 334. The van der Waals surface area contributed by atoms with Crippen LogP contribution in [0.5, 0.6) is 0 Å². The molecule has 2 aliphatic rings. The Morgan fingerprint density at radius 2 is 1.58 bits per heavy atom. The smallest absolute Gasteiger partial charge is 1.00 e. The molecule has 2 rings (SSSR count). The molecule has 0 saturated heterocycles. The summed E-state index contributed by atoms with van der Waals surface area (Å²) in [7, 11) is 0. The van der Waals surface area contributed by atoms with E-state index in [1.165, 1.54) is 64.2 Å². The number of hydrogen-bond acceptors (Lipinski definition) is 2. The third-order valence-electron chi connectivity index (χ3n) is 5.86. The van der Waals surface area contributed by atoms with Crippen LogP contribution in [0.2, 0.25) is 0 Å². The largest absolute Gasteiger partial charge is 2.00 e. The van der Waals surface area contributed by atoms with Gasteiger partial charge in [0.05, 0.1) is 5.60 Å². The van der Waals surface area contributed by atoms with Gasteiger partial charge >= 0.3 is 23.1 Å². The molecule has 152 valence electrons. The summed E-state index contributed by atoms with van der Waals surface area (Å²) in [5, 5.41) is 9.95. The summed E-state index contributed by atoms with van der Waals surface area (Å²) >= 11 is 0. The summed E-state index contributed by atoms with van der Waals surface area (Å²) < 4.78 is 0. The normalized spacial score (nSPS) is 26.8. The Hall–Kier alpha value is 0.686. The second-order valence-corrected chi connectivity index (χ2v) is 7.99. The Morgan fingerprint density at radius 3 is 2.00 bits per heavy atom. The van der Waals surface area contributed by atoms with Crippen LogP contribution in [-0.2, 0) is 4.79 Å². The molecule has 2 fully saturated rings. The van der Waals surface area contributed by atoms with Gasteiger partial charge < -0.3 is 24.9 Å². The summed E-state index contributed by atoms with van der Waals surface area (Å²) in [6.45, 7) is 6.44. The molecular weight excluding hydrogens is 356 g/mol. The van der Waals surface area contributed by atoms with Crippen molar-refractivity contribution in [1.82, 2.24) is 0 Å². The van der Waals surface area contributed by atoms with E-state index in [4.69, 9.17) is 0 Å². The average Bonchev–Trinajstić information content (AvgIpc) is 3.06. The van der Waals surface area contributed by atoms with Gasteiger partial charge in [0, 0.05) is 12.3 Å². The van der Waals surface area contributed by atoms with E-state index in [0.717, 1.165) is 25.7 Å². The van der Waals surface area contributed by atoms with E-state index in [0.29, 0.717) is 17.6 Å². The number of aliphatic hydroxyl groups is 1. The van der Waals surface area contributed by atoms with Gasteiger partial charge in [0.2, 0.25) is 0 Å². The number of ketones is 1. The number of unbranched alkanes of at least 4 members (excludes halogenated alkanes) is 4. The zero-order chi connectivity index (χ0) is 17.1. The van der Waals surface area contributed by atoms with E-state index in [2.05, 4.69) is 13.8 Å². The van der Waals surface area contributed by atoms with Crippen molar-refractivity contribution in [3.05, 3.63) is 7.43 Å². The van der Waals surface area contributed by atoms with E-state index in [1.54, 1.807) is 0 Å². The van der Waals surface area contributed by atoms with Crippen LogP contribution in [0.1, 0.15) is 111 Å². The maximum atomic E-state index is 11.2. The number of carbonyl (C=O) groups is 1. The minimum Gasteiger partial charge on any atom is -1.00 e. The molecule has 0 aromatic rings. The maximum absolute atomic E-state index is 11.2. The van der Waals surface area contributed by atoms with Crippen molar-refractivity contribution >= 4 is 28.8 Å². The molecule has 4 heteroatoms. The summed E-state index contributed by atoms with van der Waals surface area (Å²) in [6, 6.07) is 0. The van der Waals surface area contributed by atoms with Gasteiger partial charge in [0.15, 0.2) is 0 Å². The van der Waals surface area contributed by atoms with Gasteiger partial charge in [-0.2, -0.15) is 0 Å². The van der Waals surface area contributed by atoms with Gasteiger partial charge in [-0.1, -0.05) is 58.8 Å². The van der Waals surface area contributed by atoms with E-state index in [9.17, 15) is 9.90 Å². The molecule has 1 N–H and O–H groups in total. The fraction of sp³-hybridized carbons (Fsp3) is 0.909. The first-order valence-electron chi connectivity index (χ1n) is 10.3. The standard InChI is InChI=1S/C11H22O.C10H18O.CH3.ClH.Mg/c1-3-4-5-7-10-8-6-9-11(10,2)12;1-2-3-4-6-9-7-5-8-10(9)11;;;/h10,12H,3-9H2,1-2H3;9H,2-8H2,1H3;1H3;1H;/q;;-1;;+2/p-1. The van der Waals surface area contributed by atoms with Crippen molar-refractivity contribution in [2.24, 2.45) is 11.8 Å². The quantitative estimate of drug-likeness (QED) is 0.387. The predicted octanol–water partition coefficient (Wildman–Crippen LogP) is 3.13. The molecule has 0 radical (unpaired) electrons. The van der Waals surface area contributed by atoms with E-state index in [-0.39, 0.29) is 48.5 Å². The van der Waals surface area contributed by atoms with Crippen molar-refractivity contribution in [2.45, 2.75) is 116 Å². The Morgan fingerprint density at radius 1 is 1.00 bits per heavy atom. The maximum Gasteiger partial charge on any atom is 2.00 e. The molecule has 0 aliphatic heterocycles. The van der Waals surface area contributed by atoms with Crippen molar-refractivity contribution in [1.29, 1.82) is 0 Å². The van der Waals surface area contributed by atoms with Crippen molar-refractivity contribution in [3.8, 4) is 0 Å². The summed E-state index contributed by atoms with van der Waals surface area (Å²) in [5.41, 5.74) is -0.340. The second-order valence-electron chi connectivity index (χ2n) is 7.99. The second kappa shape index (κ2) is 17.8. The molecule has 0 aromatic carbocycles. The number of rotatable bonds is 8. The molecule has 0 spiro atoms. The van der Waals surface area contributed by atoms with Gasteiger partial charge in [0.25, 0.3) is 0 Å². The van der Waals surface area contributed by atoms with Gasteiger partial charge in [-0.15, -0.1) is 0 Å². The zero-order valence-electron chi connectivity index (χ0n) is 18.0. The van der Waals surface area contributed by atoms with Gasteiger partial charge in [-0.25, -0.2) is 0 Å². The first-order valence-corrected chi connectivity index (χ1v) is 10.3. The fourth-order valence-electron chi connectivity index (χ4n) is 4.15. The molecule has 26 heavy (non-hydrogen) atoms. The van der Waals surface area contributed by atoms with E-state index >= 15 is 0 Å². The van der Waals surface area contributed by atoms with Crippen LogP contribution in [0.4, 0.5) is 0 Å². The number of carbonyl (C=O) groups excluding carboxylic acids is 1. The Balaban J connectivity index is -0.000000366. The van der Waals surface area contributed by atoms with Crippen LogP contribution in [0, 0.1) is 19.3 Å². The van der Waals surface area contributed by atoms with Crippen LogP contribution in [-0.4, -0.2) is 39.5 Å². The zero-order valence-corrected chi connectivity index (χ0v) is 20.2.